The van der Waals surface area contributed by atoms with Crippen molar-refractivity contribution in [3.8, 4) is 0 Å². The molecule has 0 bridgehead atoms. The number of amides is 2. The smallest absolute Gasteiger partial charge is 0.410 e. The molecule has 1 heterocycles. The van der Waals surface area contributed by atoms with Crippen LogP contribution in [0.1, 0.15) is 46.2 Å². The van der Waals surface area contributed by atoms with E-state index in [1.165, 1.54) is 24.3 Å². The third-order valence-corrected chi connectivity index (χ3v) is 4.86. The van der Waals surface area contributed by atoms with Gasteiger partial charge in [0, 0.05) is 25.2 Å². The summed E-state index contributed by atoms with van der Waals surface area (Å²) >= 11 is 0. The van der Waals surface area contributed by atoms with Crippen LogP contribution < -0.4 is 5.32 Å². The highest BCUT2D eigenvalue weighted by atomic mass is 19.3. The van der Waals surface area contributed by atoms with Gasteiger partial charge in [-0.2, -0.15) is 0 Å². The molecule has 0 spiro atoms. The Kier molecular flexibility index (Phi) is 7.74. The summed E-state index contributed by atoms with van der Waals surface area (Å²) in [6.45, 7) is 8.90. The van der Waals surface area contributed by atoms with E-state index in [0.29, 0.717) is 18.7 Å². The molecule has 168 valence electrons. The van der Waals surface area contributed by atoms with Crippen LogP contribution in [0.5, 0.6) is 0 Å². The molecule has 0 saturated carbocycles. The van der Waals surface area contributed by atoms with Gasteiger partial charge in [0.25, 0.3) is 6.43 Å². The van der Waals surface area contributed by atoms with Crippen LogP contribution in [-0.2, 0) is 9.53 Å². The Morgan fingerprint density at radius 2 is 1.73 bits per heavy atom. The minimum absolute atomic E-state index is 0.263. The second kappa shape index (κ2) is 9.68. The molecular formula is C21H30F3N3O3. The predicted molar refractivity (Wildman–Crippen MR) is 107 cm³/mol. The lowest BCUT2D eigenvalue weighted by atomic mass is 9.99. The highest BCUT2D eigenvalue weighted by Gasteiger charge is 2.40. The number of nitrogens with zero attached hydrogens (tertiary/aromatic N) is 2. The fourth-order valence-electron chi connectivity index (χ4n) is 3.50. The second-order valence-electron chi connectivity index (χ2n) is 8.62. The SMILES string of the molecule is C[C@@H]1CN(C(=O)OC(C)(C)C)[C@@H](C)CN1C(C(=O)NCC(F)F)c1ccc(F)cc1. The van der Waals surface area contributed by atoms with E-state index in [1.54, 1.807) is 25.7 Å². The van der Waals surface area contributed by atoms with Crippen molar-refractivity contribution in [2.75, 3.05) is 19.6 Å². The molecule has 1 unspecified atom stereocenters. The Balaban J connectivity index is 2.25. The molecule has 9 heteroatoms. The molecule has 0 radical (unpaired) electrons. The van der Waals surface area contributed by atoms with Crippen LogP contribution in [0.25, 0.3) is 0 Å². The number of alkyl halides is 2. The van der Waals surface area contributed by atoms with Crippen molar-refractivity contribution in [2.24, 2.45) is 0 Å². The molecule has 1 saturated heterocycles. The molecule has 3 atom stereocenters. The average Bonchev–Trinajstić information content (AvgIpc) is 2.62. The summed E-state index contributed by atoms with van der Waals surface area (Å²) in [6, 6.07) is 3.98. The Bertz CT molecular complexity index is 737. The molecule has 1 N–H and O–H groups in total. The van der Waals surface area contributed by atoms with Gasteiger partial charge >= 0.3 is 6.09 Å². The number of hydrogen-bond acceptors (Lipinski definition) is 4. The molecule has 1 aliphatic rings. The summed E-state index contributed by atoms with van der Waals surface area (Å²) in [6.07, 6.45) is -3.12. The van der Waals surface area contributed by atoms with Crippen LogP contribution in [0.15, 0.2) is 24.3 Å². The number of benzene rings is 1. The maximum atomic E-state index is 13.4. The monoisotopic (exact) mass is 429 g/mol. The van der Waals surface area contributed by atoms with Gasteiger partial charge in [0.05, 0.1) is 6.54 Å². The van der Waals surface area contributed by atoms with Gasteiger partial charge in [-0.15, -0.1) is 0 Å². The van der Waals surface area contributed by atoms with Crippen molar-refractivity contribution >= 4 is 12.0 Å². The quantitative estimate of drug-likeness (QED) is 0.777. The number of hydrogen-bond donors (Lipinski definition) is 1. The first-order valence-electron chi connectivity index (χ1n) is 9.95. The number of ether oxygens (including phenoxy) is 1. The van der Waals surface area contributed by atoms with Gasteiger partial charge in [-0.25, -0.2) is 18.0 Å². The molecule has 2 rings (SSSR count). The molecule has 2 amide bonds. The fraction of sp³-hybridized carbons (Fsp3) is 0.619. The van der Waals surface area contributed by atoms with Gasteiger partial charge in [-0.1, -0.05) is 12.1 Å². The fourth-order valence-corrected chi connectivity index (χ4v) is 3.50. The molecule has 0 aliphatic carbocycles. The van der Waals surface area contributed by atoms with Crippen molar-refractivity contribution in [2.45, 2.75) is 64.8 Å². The minimum Gasteiger partial charge on any atom is -0.444 e. The van der Waals surface area contributed by atoms with Crippen LogP contribution in [-0.4, -0.2) is 65.5 Å². The molecule has 6 nitrogen and oxygen atoms in total. The van der Waals surface area contributed by atoms with Gasteiger partial charge in [0.1, 0.15) is 17.5 Å². The van der Waals surface area contributed by atoms with Crippen LogP contribution in [0.2, 0.25) is 0 Å². The molecular weight excluding hydrogens is 399 g/mol. The summed E-state index contributed by atoms with van der Waals surface area (Å²) in [5, 5.41) is 2.26. The lowest BCUT2D eigenvalue weighted by Gasteiger charge is -2.46. The zero-order valence-electron chi connectivity index (χ0n) is 18.0. The van der Waals surface area contributed by atoms with Crippen molar-refractivity contribution in [3.05, 3.63) is 35.6 Å². The first kappa shape index (κ1) is 24.0. The van der Waals surface area contributed by atoms with E-state index in [2.05, 4.69) is 5.32 Å². The number of rotatable bonds is 5. The third kappa shape index (κ3) is 6.35. The maximum Gasteiger partial charge on any atom is 0.410 e. The Morgan fingerprint density at radius 1 is 1.13 bits per heavy atom. The first-order chi connectivity index (χ1) is 13.9. The van der Waals surface area contributed by atoms with E-state index in [-0.39, 0.29) is 12.1 Å². The molecule has 1 aromatic carbocycles. The molecule has 1 aliphatic heterocycles. The Morgan fingerprint density at radius 3 is 2.27 bits per heavy atom. The van der Waals surface area contributed by atoms with Crippen molar-refractivity contribution in [3.63, 3.8) is 0 Å². The first-order valence-corrected chi connectivity index (χ1v) is 9.95. The zero-order chi connectivity index (χ0) is 22.6. The topological polar surface area (TPSA) is 61.9 Å². The van der Waals surface area contributed by atoms with Crippen molar-refractivity contribution < 1.29 is 27.5 Å². The predicted octanol–water partition coefficient (Wildman–Crippen LogP) is 3.58. The number of nitrogens with one attached hydrogen (secondary N) is 1. The Labute approximate surface area is 175 Å². The van der Waals surface area contributed by atoms with Crippen LogP contribution in [0.3, 0.4) is 0 Å². The molecule has 0 aromatic heterocycles. The van der Waals surface area contributed by atoms with E-state index in [9.17, 15) is 22.8 Å². The van der Waals surface area contributed by atoms with Gasteiger partial charge < -0.3 is 15.0 Å². The summed E-state index contributed by atoms with van der Waals surface area (Å²) < 4.78 is 44.1. The average molecular weight is 429 g/mol. The third-order valence-electron chi connectivity index (χ3n) is 4.86. The van der Waals surface area contributed by atoms with Crippen molar-refractivity contribution in [1.29, 1.82) is 0 Å². The van der Waals surface area contributed by atoms with Gasteiger partial charge in [0.15, 0.2) is 0 Å². The normalized spacial score (nSPS) is 21.4. The Hall–Kier alpha value is -2.29. The summed E-state index contributed by atoms with van der Waals surface area (Å²) in [5.74, 6) is -1.05. The van der Waals surface area contributed by atoms with E-state index in [4.69, 9.17) is 4.74 Å². The molecule has 1 aromatic rings. The number of piperazine rings is 1. The summed E-state index contributed by atoms with van der Waals surface area (Å²) in [5.41, 5.74) is -0.142. The van der Waals surface area contributed by atoms with Gasteiger partial charge in [-0.3, -0.25) is 9.69 Å². The standard InChI is InChI=1S/C21H30F3N3O3/c1-13-12-27(20(29)30-21(3,4)5)14(2)11-26(13)18(19(28)25-10-17(23)24)15-6-8-16(22)9-7-15/h6-9,13-14,17-18H,10-12H2,1-5H3,(H,25,28)/t13-,14+,18?/m1/s1. The lowest BCUT2D eigenvalue weighted by Crippen LogP contribution is -2.61. The minimum atomic E-state index is -2.68. The number of carbonyl (C=O) groups excluding carboxylic acids is 2. The lowest BCUT2D eigenvalue weighted by molar-refractivity contribution is -0.130. The van der Waals surface area contributed by atoms with Crippen molar-refractivity contribution in [1.82, 2.24) is 15.1 Å². The molecule has 30 heavy (non-hydrogen) atoms. The van der Waals surface area contributed by atoms with Crippen LogP contribution in [0, 0.1) is 5.82 Å². The van der Waals surface area contributed by atoms with E-state index in [0.717, 1.165) is 0 Å². The van der Waals surface area contributed by atoms with Gasteiger partial charge in [0.2, 0.25) is 5.91 Å². The number of carbonyl (C=O) groups is 2. The van der Waals surface area contributed by atoms with E-state index >= 15 is 0 Å². The highest BCUT2D eigenvalue weighted by Crippen LogP contribution is 2.29. The second-order valence-corrected chi connectivity index (χ2v) is 8.62. The van der Waals surface area contributed by atoms with E-state index < -0.39 is 42.4 Å². The molecule has 1 fully saturated rings. The van der Waals surface area contributed by atoms with Crippen LogP contribution in [0.4, 0.5) is 18.0 Å². The van der Waals surface area contributed by atoms with Crippen LogP contribution >= 0.6 is 0 Å². The highest BCUT2D eigenvalue weighted by molar-refractivity contribution is 5.83. The zero-order valence-corrected chi connectivity index (χ0v) is 18.0. The maximum absolute atomic E-state index is 13.4. The largest absolute Gasteiger partial charge is 0.444 e. The summed E-state index contributed by atoms with van der Waals surface area (Å²) in [7, 11) is 0. The summed E-state index contributed by atoms with van der Waals surface area (Å²) in [4.78, 5) is 28.8. The van der Waals surface area contributed by atoms with Gasteiger partial charge in [-0.05, 0) is 52.3 Å². The number of halogens is 3. The van der Waals surface area contributed by atoms with E-state index in [1.807, 2.05) is 18.7 Å².